The van der Waals surface area contributed by atoms with Crippen LogP contribution in [0.5, 0.6) is 5.75 Å². The third kappa shape index (κ3) is 12.4. The molecular weight excluding hydrogens is 570 g/mol. The van der Waals surface area contributed by atoms with Crippen LogP contribution in [-0.2, 0) is 32.0 Å². The number of phenolic OH excluding ortho intramolecular Hbond substituents is 1. The molecule has 2 rings (SSSR count). The van der Waals surface area contributed by atoms with Gasteiger partial charge in [-0.3, -0.25) is 14.6 Å². The van der Waals surface area contributed by atoms with Crippen molar-refractivity contribution in [2.75, 3.05) is 6.54 Å². The van der Waals surface area contributed by atoms with Crippen LogP contribution in [0.25, 0.3) is 0 Å². The maximum atomic E-state index is 13.4. The Kier molecular flexibility index (Phi) is 14.1. The molecule has 0 heterocycles. The second kappa shape index (κ2) is 17.7. The van der Waals surface area contributed by atoms with E-state index in [2.05, 4.69) is 26.3 Å². The number of hydrogen-bond donors (Lipinski definition) is 8. The predicted octanol–water partition coefficient (Wildman–Crippen LogP) is 0.177. The lowest BCUT2D eigenvalue weighted by atomic mass is 10.0. The minimum atomic E-state index is -1.34. The van der Waals surface area contributed by atoms with E-state index >= 15 is 0 Å². The predicted molar refractivity (Wildman–Crippen MR) is 164 cm³/mol. The standard InChI is InChI=1S/C30H41N7O7/c1-18(2)25(27(41)34-21(17-38)15-19-7-4-3-5-8-19)37-26(40)23(9-6-14-33-29(31)32)35-30(44)36-24(28(42)43)16-20-10-12-22(39)13-11-20/h3-5,7-8,10-13,17-18,21,23-25,39H,6,9,14-16H2,1-2H3,(H,34,41)(H,37,40)(H,42,43)(H4,31,32,33)(H2,35,36,44). The molecule has 238 valence electrons. The van der Waals surface area contributed by atoms with Crippen molar-refractivity contribution in [2.24, 2.45) is 22.4 Å². The highest BCUT2D eigenvalue weighted by Gasteiger charge is 2.30. The van der Waals surface area contributed by atoms with E-state index in [0.29, 0.717) is 11.8 Å². The topological polar surface area (TPSA) is 238 Å². The Bertz CT molecular complexity index is 1280. The number of carboxylic acid groups (broad SMARTS) is 1. The second-order valence-electron chi connectivity index (χ2n) is 10.6. The summed E-state index contributed by atoms with van der Waals surface area (Å²) in [6.45, 7) is 3.58. The van der Waals surface area contributed by atoms with Gasteiger partial charge in [-0.25, -0.2) is 9.59 Å². The largest absolute Gasteiger partial charge is 0.508 e. The van der Waals surface area contributed by atoms with Crippen LogP contribution in [0.2, 0.25) is 0 Å². The average Bonchev–Trinajstić information content (AvgIpc) is 2.97. The number of aliphatic imine (C=N–C) groups is 1. The van der Waals surface area contributed by atoms with Gasteiger partial charge in [0.2, 0.25) is 11.8 Å². The van der Waals surface area contributed by atoms with Crippen LogP contribution in [0.1, 0.15) is 37.8 Å². The Morgan fingerprint density at radius 3 is 2.02 bits per heavy atom. The maximum Gasteiger partial charge on any atom is 0.326 e. The minimum absolute atomic E-state index is 0.00663. The van der Waals surface area contributed by atoms with Gasteiger partial charge in [-0.05, 0) is 48.4 Å². The molecule has 10 N–H and O–H groups in total. The third-order valence-electron chi connectivity index (χ3n) is 6.58. The van der Waals surface area contributed by atoms with E-state index in [9.17, 15) is 34.2 Å². The number of carbonyl (C=O) groups excluding carboxylic acids is 4. The van der Waals surface area contributed by atoms with Gasteiger partial charge in [-0.1, -0.05) is 56.3 Å². The highest BCUT2D eigenvalue weighted by molar-refractivity contribution is 5.93. The number of benzene rings is 2. The second-order valence-corrected chi connectivity index (χ2v) is 10.6. The fourth-order valence-corrected chi connectivity index (χ4v) is 4.26. The van der Waals surface area contributed by atoms with Crippen LogP contribution in [0.4, 0.5) is 4.79 Å². The first-order chi connectivity index (χ1) is 20.9. The Hall–Kier alpha value is -5.14. The molecule has 0 aromatic heterocycles. The van der Waals surface area contributed by atoms with Gasteiger partial charge in [0, 0.05) is 13.0 Å². The number of amides is 4. The van der Waals surface area contributed by atoms with Crippen molar-refractivity contribution in [1.82, 2.24) is 21.3 Å². The zero-order valence-corrected chi connectivity index (χ0v) is 24.7. The van der Waals surface area contributed by atoms with Crippen molar-refractivity contribution in [3.8, 4) is 5.75 Å². The molecule has 14 nitrogen and oxygen atoms in total. The number of aldehydes is 1. The first kappa shape index (κ1) is 35.1. The van der Waals surface area contributed by atoms with Gasteiger partial charge in [0.25, 0.3) is 0 Å². The van der Waals surface area contributed by atoms with Gasteiger partial charge >= 0.3 is 12.0 Å². The molecule has 0 bridgehead atoms. The van der Waals surface area contributed by atoms with Crippen molar-refractivity contribution in [3.63, 3.8) is 0 Å². The SMILES string of the molecule is CC(C)C(NC(=O)C(CCCN=C(N)N)NC(=O)NC(Cc1ccc(O)cc1)C(=O)O)C(=O)NC(C=O)Cc1ccccc1. The summed E-state index contributed by atoms with van der Waals surface area (Å²) in [7, 11) is 0. The Morgan fingerprint density at radius 2 is 1.45 bits per heavy atom. The van der Waals surface area contributed by atoms with E-state index in [0.717, 1.165) is 5.56 Å². The summed E-state index contributed by atoms with van der Waals surface area (Å²) in [4.78, 5) is 66.9. The number of urea groups is 1. The molecule has 0 radical (unpaired) electrons. The van der Waals surface area contributed by atoms with Crippen molar-refractivity contribution >= 4 is 36.1 Å². The number of guanidine groups is 1. The molecule has 0 aliphatic rings. The highest BCUT2D eigenvalue weighted by Crippen LogP contribution is 2.12. The summed E-state index contributed by atoms with van der Waals surface area (Å²) in [6.07, 6.45) is 1.14. The third-order valence-corrected chi connectivity index (χ3v) is 6.58. The quantitative estimate of drug-likeness (QED) is 0.0526. The number of aliphatic carboxylic acids is 1. The molecule has 4 atom stereocenters. The fourth-order valence-electron chi connectivity index (χ4n) is 4.26. The normalized spacial score (nSPS) is 13.4. The van der Waals surface area contributed by atoms with Gasteiger partial charge in [-0.2, -0.15) is 0 Å². The van der Waals surface area contributed by atoms with Crippen LogP contribution in [0.3, 0.4) is 0 Å². The summed E-state index contributed by atoms with van der Waals surface area (Å²) >= 11 is 0. The summed E-state index contributed by atoms with van der Waals surface area (Å²) < 4.78 is 0. The van der Waals surface area contributed by atoms with Crippen molar-refractivity contribution in [2.45, 2.75) is 63.7 Å². The van der Waals surface area contributed by atoms with E-state index in [1.54, 1.807) is 13.8 Å². The van der Waals surface area contributed by atoms with Crippen LogP contribution < -0.4 is 32.7 Å². The number of nitrogens with zero attached hydrogens (tertiary/aromatic N) is 1. The zero-order valence-electron chi connectivity index (χ0n) is 24.7. The number of nitrogens with one attached hydrogen (secondary N) is 4. The smallest absolute Gasteiger partial charge is 0.326 e. The molecule has 0 fully saturated rings. The molecule has 4 amide bonds. The summed E-state index contributed by atoms with van der Waals surface area (Å²) in [5.74, 6) is -3.11. The lowest BCUT2D eigenvalue weighted by molar-refractivity contribution is -0.139. The number of rotatable bonds is 17. The zero-order chi connectivity index (χ0) is 32.6. The number of carbonyl (C=O) groups is 5. The number of hydrogen-bond acceptors (Lipinski definition) is 7. The van der Waals surface area contributed by atoms with E-state index in [1.165, 1.54) is 24.3 Å². The van der Waals surface area contributed by atoms with Crippen molar-refractivity contribution in [1.29, 1.82) is 0 Å². The Balaban J connectivity index is 2.13. The minimum Gasteiger partial charge on any atom is -0.508 e. The molecule has 4 unspecified atom stereocenters. The van der Waals surface area contributed by atoms with Crippen LogP contribution in [0.15, 0.2) is 59.6 Å². The van der Waals surface area contributed by atoms with Gasteiger partial charge in [0.1, 0.15) is 30.2 Å². The highest BCUT2D eigenvalue weighted by atomic mass is 16.4. The van der Waals surface area contributed by atoms with E-state index in [4.69, 9.17) is 11.5 Å². The molecule has 44 heavy (non-hydrogen) atoms. The van der Waals surface area contributed by atoms with Crippen LogP contribution in [-0.4, -0.2) is 77.0 Å². The van der Waals surface area contributed by atoms with E-state index < -0.39 is 48.0 Å². The average molecular weight is 612 g/mol. The summed E-state index contributed by atoms with van der Waals surface area (Å²) in [6, 6.07) is 9.63. The molecule has 0 saturated carbocycles. The lowest BCUT2D eigenvalue weighted by Crippen LogP contribution is -2.58. The van der Waals surface area contributed by atoms with Crippen LogP contribution >= 0.6 is 0 Å². The van der Waals surface area contributed by atoms with Crippen LogP contribution in [0, 0.1) is 5.92 Å². The molecule has 2 aromatic carbocycles. The van der Waals surface area contributed by atoms with Crippen molar-refractivity contribution < 1.29 is 34.2 Å². The van der Waals surface area contributed by atoms with Gasteiger partial charge in [-0.15, -0.1) is 0 Å². The number of carboxylic acids is 1. The molecule has 0 aliphatic heterocycles. The molecule has 2 aromatic rings. The molecule has 0 aliphatic carbocycles. The first-order valence-electron chi connectivity index (χ1n) is 14.1. The first-order valence-corrected chi connectivity index (χ1v) is 14.1. The van der Waals surface area contributed by atoms with Gasteiger partial charge in [0.05, 0.1) is 6.04 Å². The van der Waals surface area contributed by atoms with Gasteiger partial charge < -0.3 is 47.7 Å². The monoisotopic (exact) mass is 611 g/mol. The van der Waals surface area contributed by atoms with Gasteiger partial charge in [0.15, 0.2) is 5.96 Å². The Labute approximate surface area is 255 Å². The molecular formula is C30H41N7O7. The van der Waals surface area contributed by atoms with Crippen molar-refractivity contribution in [3.05, 3.63) is 65.7 Å². The molecule has 14 heteroatoms. The van der Waals surface area contributed by atoms with E-state index in [1.807, 2.05) is 30.3 Å². The number of nitrogens with two attached hydrogens (primary N) is 2. The van der Waals surface area contributed by atoms with E-state index in [-0.39, 0.29) is 49.9 Å². The lowest BCUT2D eigenvalue weighted by Gasteiger charge is -2.27. The maximum absolute atomic E-state index is 13.4. The molecule has 0 saturated heterocycles. The number of aromatic hydroxyl groups is 1. The fraction of sp³-hybridized carbons (Fsp3) is 0.400. The summed E-state index contributed by atoms with van der Waals surface area (Å²) in [5, 5.41) is 29.3. The Morgan fingerprint density at radius 1 is 0.841 bits per heavy atom. The summed E-state index contributed by atoms with van der Waals surface area (Å²) in [5.41, 5.74) is 12.1. The molecule has 0 spiro atoms. The number of phenols is 1.